The van der Waals surface area contributed by atoms with Gasteiger partial charge in [-0.2, -0.15) is 0 Å². The number of hydrogen-bond acceptors (Lipinski definition) is 0. The van der Waals surface area contributed by atoms with E-state index in [9.17, 15) is 4.39 Å². The van der Waals surface area contributed by atoms with Crippen molar-refractivity contribution in [2.24, 2.45) is 0 Å². The van der Waals surface area contributed by atoms with E-state index in [-0.39, 0.29) is 5.83 Å². The minimum Gasteiger partial charge on any atom is -0.207 e. The maximum atomic E-state index is 12.4. The molecule has 0 saturated heterocycles. The minimum atomic E-state index is -0.340. The molecule has 0 amide bonds. The van der Waals surface area contributed by atoms with Gasteiger partial charge in [-0.05, 0) is 25.5 Å². The summed E-state index contributed by atoms with van der Waals surface area (Å²) in [6, 6.07) is 0. The maximum absolute atomic E-state index is 12.4. The third-order valence-corrected chi connectivity index (χ3v) is 1.38. The summed E-state index contributed by atoms with van der Waals surface area (Å²) < 4.78 is 12.4. The summed E-state index contributed by atoms with van der Waals surface area (Å²) in [5.41, 5.74) is 0.665. The van der Waals surface area contributed by atoms with Crippen molar-refractivity contribution in [3.8, 4) is 0 Å². The number of allylic oxidation sites excluding steroid dienone is 5. The second-order valence-corrected chi connectivity index (χ2v) is 2.35. The molecule has 0 nitrogen and oxygen atoms in total. The van der Waals surface area contributed by atoms with Gasteiger partial charge in [0, 0.05) is 5.03 Å². The molecule has 0 aliphatic carbocycles. The van der Waals surface area contributed by atoms with E-state index in [0.717, 1.165) is 0 Å². The zero-order valence-corrected chi connectivity index (χ0v) is 6.87. The van der Waals surface area contributed by atoms with Gasteiger partial charge < -0.3 is 0 Å². The summed E-state index contributed by atoms with van der Waals surface area (Å²) in [5, 5.41) is 0.357. The first-order valence-electron chi connectivity index (χ1n) is 2.92. The van der Waals surface area contributed by atoms with Crippen LogP contribution in [0.5, 0.6) is 0 Å². The van der Waals surface area contributed by atoms with Crippen molar-refractivity contribution in [2.75, 3.05) is 0 Å². The second kappa shape index (κ2) is 4.29. The molecule has 0 aliphatic rings. The summed E-state index contributed by atoms with van der Waals surface area (Å²) in [6.45, 7) is 6.88. The van der Waals surface area contributed by atoms with Crippen molar-refractivity contribution in [1.82, 2.24) is 0 Å². The molecule has 2 heteroatoms. The fourth-order valence-electron chi connectivity index (χ4n) is 0.328. The van der Waals surface area contributed by atoms with Crippen molar-refractivity contribution in [1.29, 1.82) is 0 Å². The van der Waals surface area contributed by atoms with Crippen LogP contribution in [0.25, 0.3) is 0 Å². The molecule has 0 aromatic carbocycles. The molecule has 0 rings (SSSR count). The summed E-state index contributed by atoms with van der Waals surface area (Å²) in [4.78, 5) is 0. The summed E-state index contributed by atoms with van der Waals surface area (Å²) in [7, 11) is 0. The molecule has 0 spiro atoms. The van der Waals surface area contributed by atoms with Gasteiger partial charge in [0.05, 0.1) is 0 Å². The highest BCUT2D eigenvalue weighted by molar-refractivity contribution is 6.32. The number of halogens is 2. The van der Waals surface area contributed by atoms with E-state index in [1.54, 1.807) is 13.8 Å². The molecule has 0 aromatic heterocycles. The zero-order chi connectivity index (χ0) is 8.15. The van der Waals surface area contributed by atoms with Gasteiger partial charge in [0.25, 0.3) is 0 Å². The van der Waals surface area contributed by atoms with E-state index in [0.29, 0.717) is 10.6 Å². The Labute approximate surface area is 65.7 Å². The van der Waals surface area contributed by atoms with Crippen LogP contribution in [-0.4, -0.2) is 0 Å². The number of rotatable bonds is 2. The molecule has 0 fully saturated rings. The highest BCUT2D eigenvalue weighted by atomic mass is 35.5. The van der Waals surface area contributed by atoms with E-state index < -0.39 is 0 Å². The Kier molecular flexibility index (Phi) is 4.05. The second-order valence-electron chi connectivity index (χ2n) is 1.95. The summed E-state index contributed by atoms with van der Waals surface area (Å²) in [6.07, 6.45) is 2.58. The van der Waals surface area contributed by atoms with Crippen LogP contribution < -0.4 is 0 Å². The zero-order valence-electron chi connectivity index (χ0n) is 6.12. The highest BCUT2D eigenvalue weighted by Crippen LogP contribution is 2.14. The third kappa shape index (κ3) is 3.46. The first kappa shape index (κ1) is 9.44. The fraction of sp³-hybridized carbons (Fsp3) is 0.250. The monoisotopic (exact) mass is 160 g/mol. The van der Waals surface area contributed by atoms with Crippen molar-refractivity contribution in [2.45, 2.75) is 13.8 Å². The van der Waals surface area contributed by atoms with Crippen LogP contribution in [0.4, 0.5) is 4.39 Å². The maximum Gasteiger partial charge on any atom is 0.120 e. The van der Waals surface area contributed by atoms with E-state index in [1.165, 1.54) is 12.2 Å². The lowest BCUT2D eigenvalue weighted by Crippen LogP contribution is -1.72. The van der Waals surface area contributed by atoms with Gasteiger partial charge in [0.2, 0.25) is 0 Å². The normalized spacial score (nSPS) is 13.6. The summed E-state index contributed by atoms with van der Waals surface area (Å²) in [5.74, 6) is -0.340. The lowest BCUT2D eigenvalue weighted by molar-refractivity contribution is 0.664. The number of hydrogen-bond donors (Lipinski definition) is 0. The molecule has 0 heterocycles. The molecule has 0 N–H and O–H groups in total. The topological polar surface area (TPSA) is 0 Å². The SMILES string of the molecule is C=C(C)C(Cl)=C/C(F)=C\C. The van der Waals surface area contributed by atoms with Crippen molar-refractivity contribution < 1.29 is 4.39 Å². The van der Waals surface area contributed by atoms with Gasteiger partial charge in [-0.1, -0.05) is 24.3 Å². The Morgan fingerprint density at radius 1 is 1.60 bits per heavy atom. The van der Waals surface area contributed by atoms with Gasteiger partial charge >= 0.3 is 0 Å². The molecule has 0 radical (unpaired) electrons. The Balaban J connectivity index is 4.31. The average Bonchev–Trinajstić information content (AvgIpc) is 1.87. The van der Waals surface area contributed by atoms with Crippen LogP contribution in [-0.2, 0) is 0 Å². The van der Waals surface area contributed by atoms with E-state index >= 15 is 0 Å². The molecule has 0 saturated carbocycles. The van der Waals surface area contributed by atoms with Crippen molar-refractivity contribution >= 4 is 11.6 Å². The third-order valence-electron chi connectivity index (χ3n) is 0.948. The molecule has 56 valence electrons. The van der Waals surface area contributed by atoms with Crippen molar-refractivity contribution in [3.05, 3.63) is 35.2 Å². The largest absolute Gasteiger partial charge is 0.207 e. The molecular formula is C8H10ClF. The first-order valence-corrected chi connectivity index (χ1v) is 3.30. The Morgan fingerprint density at radius 3 is 2.40 bits per heavy atom. The van der Waals surface area contributed by atoms with Gasteiger partial charge in [0.1, 0.15) is 5.83 Å². The van der Waals surface area contributed by atoms with Crippen LogP contribution >= 0.6 is 11.6 Å². The van der Waals surface area contributed by atoms with E-state index in [2.05, 4.69) is 6.58 Å². The molecule has 0 atom stereocenters. The quantitative estimate of drug-likeness (QED) is 0.542. The van der Waals surface area contributed by atoms with Crippen LogP contribution in [0.15, 0.2) is 35.2 Å². The van der Waals surface area contributed by atoms with Crippen molar-refractivity contribution in [3.63, 3.8) is 0 Å². The van der Waals surface area contributed by atoms with Crippen LogP contribution in [0.1, 0.15) is 13.8 Å². The van der Waals surface area contributed by atoms with Gasteiger partial charge in [-0.15, -0.1) is 0 Å². The first-order chi connectivity index (χ1) is 4.57. The fourth-order valence-corrected chi connectivity index (χ4v) is 0.432. The lowest BCUT2D eigenvalue weighted by Gasteiger charge is -1.92. The highest BCUT2D eigenvalue weighted by Gasteiger charge is 1.93. The predicted molar refractivity (Wildman–Crippen MR) is 43.6 cm³/mol. The Morgan fingerprint density at radius 2 is 2.10 bits per heavy atom. The minimum absolute atomic E-state index is 0.340. The van der Waals surface area contributed by atoms with Gasteiger partial charge in [-0.3, -0.25) is 0 Å². The Bertz CT molecular complexity index is 189. The lowest BCUT2D eigenvalue weighted by atomic mass is 10.3. The molecule has 10 heavy (non-hydrogen) atoms. The molecule has 0 aromatic rings. The molecule has 0 aliphatic heterocycles. The van der Waals surface area contributed by atoms with Crippen LogP contribution in [0.3, 0.4) is 0 Å². The van der Waals surface area contributed by atoms with E-state index in [4.69, 9.17) is 11.6 Å². The van der Waals surface area contributed by atoms with Crippen LogP contribution in [0, 0.1) is 0 Å². The molecule has 0 bridgehead atoms. The predicted octanol–water partition coefficient (Wildman–Crippen LogP) is 3.56. The molecule has 0 unspecified atom stereocenters. The smallest absolute Gasteiger partial charge is 0.120 e. The van der Waals surface area contributed by atoms with Crippen LogP contribution in [0.2, 0.25) is 0 Å². The van der Waals surface area contributed by atoms with Gasteiger partial charge in [0.15, 0.2) is 0 Å². The van der Waals surface area contributed by atoms with E-state index in [1.807, 2.05) is 0 Å². The molecular weight excluding hydrogens is 151 g/mol. The summed E-state index contributed by atoms with van der Waals surface area (Å²) >= 11 is 5.57. The standard InChI is InChI=1S/C8H10ClF/c1-4-7(10)5-8(9)6(2)3/h4-5H,2H2,1,3H3/b7-4+,8-5?. The Hall–Kier alpha value is -0.560. The average molecular weight is 161 g/mol. The van der Waals surface area contributed by atoms with Gasteiger partial charge in [-0.25, -0.2) is 4.39 Å².